The minimum atomic E-state index is 0.806. The zero-order chi connectivity index (χ0) is 9.68. The third-order valence-electron chi connectivity index (χ3n) is 2.62. The highest BCUT2D eigenvalue weighted by Gasteiger charge is 2.08. The van der Waals surface area contributed by atoms with Crippen molar-refractivity contribution in [2.75, 3.05) is 0 Å². The molecule has 0 spiro atoms. The van der Waals surface area contributed by atoms with E-state index >= 15 is 0 Å². The summed E-state index contributed by atoms with van der Waals surface area (Å²) in [4.78, 5) is 0. The van der Waals surface area contributed by atoms with Gasteiger partial charge in [-0.3, -0.25) is 0 Å². The zero-order valence-electron chi connectivity index (χ0n) is 8.88. The Balaban J connectivity index is 2.53. The molecule has 0 saturated heterocycles. The minimum absolute atomic E-state index is 0.806. The first kappa shape index (κ1) is 10.3. The fourth-order valence-electron chi connectivity index (χ4n) is 1.51. The molecule has 0 aromatic heterocycles. The van der Waals surface area contributed by atoms with Crippen LogP contribution in [-0.2, 0) is 0 Å². The van der Waals surface area contributed by atoms with Gasteiger partial charge in [0.05, 0.1) is 0 Å². The van der Waals surface area contributed by atoms with Crippen LogP contribution in [0.15, 0.2) is 30.3 Å². The van der Waals surface area contributed by atoms with Crippen molar-refractivity contribution in [3.63, 3.8) is 0 Å². The molecule has 0 aliphatic carbocycles. The van der Waals surface area contributed by atoms with E-state index in [1.807, 2.05) is 0 Å². The molecule has 0 bridgehead atoms. The Labute approximate surface area is 82.0 Å². The molecule has 0 amide bonds. The van der Waals surface area contributed by atoms with Gasteiger partial charge in [0, 0.05) is 5.92 Å². The van der Waals surface area contributed by atoms with E-state index in [4.69, 9.17) is 0 Å². The minimum Gasteiger partial charge on any atom is -0.0651 e. The number of hydrogen-bond acceptors (Lipinski definition) is 0. The molecule has 1 unspecified atom stereocenters. The van der Waals surface area contributed by atoms with E-state index in [9.17, 15) is 0 Å². The number of rotatable bonds is 4. The summed E-state index contributed by atoms with van der Waals surface area (Å²) in [5.74, 6) is 2.31. The molecule has 0 aliphatic heterocycles. The lowest BCUT2D eigenvalue weighted by Crippen LogP contribution is -2.01. The standard InChI is InChI=1S/C13H19/c1-4-11(2)10-12(3)13-8-6-5-7-9-13/h5-9,11H,4,10H2,1-3H3. The summed E-state index contributed by atoms with van der Waals surface area (Å²) in [6, 6.07) is 10.7. The first-order valence-corrected chi connectivity index (χ1v) is 5.12. The van der Waals surface area contributed by atoms with Crippen molar-refractivity contribution < 1.29 is 0 Å². The molecule has 71 valence electrons. The van der Waals surface area contributed by atoms with Crippen molar-refractivity contribution in [3.05, 3.63) is 41.8 Å². The van der Waals surface area contributed by atoms with Crippen LogP contribution in [-0.4, -0.2) is 0 Å². The highest BCUT2D eigenvalue weighted by atomic mass is 14.1. The Morgan fingerprint density at radius 1 is 1.23 bits per heavy atom. The van der Waals surface area contributed by atoms with Crippen LogP contribution >= 0.6 is 0 Å². The van der Waals surface area contributed by atoms with Crippen molar-refractivity contribution in [2.45, 2.75) is 33.6 Å². The van der Waals surface area contributed by atoms with Gasteiger partial charge in [-0.25, -0.2) is 0 Å². The third kappa shape index (κ3) is 3.22. The van der Waals surface area contributed by atoms with Crippen LogP contribution in [0.5, 0.6) is 0 Å². The van der Waals surface area contributed by atoms with Gasteiger partial charge < -0.3 is 0 Å². The van der Waals surface area contributed by atoms with Gasteiger partial charge >= 0.3 is 0 Å². The quantitative estimate of drug-likeness (QED) is 0.647. The molecular weight excluding hydrogens is 156 g/mol. The predicted octanol–water partition coefficient (Wildman–Crippen LogP) is 4.07. The van der Waals surface area contributed by atoms with Crippen LogP contribution in [0.2, 0.25) is 0 Å². The second-order valence-corrected chi connectivity index (χ2v) is 3.86. The second-order valence-electron chi connectivity index (χ2n) is 3.86. The highest BCUT2D eigenvalue weighted by molar-refractivity contribution is 5.28. The Hall–Kier alpha value is -0.780. The molecule has 0 heterocycles. The maximum atomic E-state index is 2.31. The van der Waals surface area contributed by atoms with Gasteiger partial charge in [0.25, 0.3) is 0 Å². The van der Waals surface area contributed by atoms with Gasteiger partial charge in [-0.15, -0.1) is 0 Å². The summed E-state index contributed by atoms with van der Waals surface area (Å²) in [7, 11) is 0. The number of hydrogen-bond donors (Lipinski definition) is 0. The van der Waals surface area contributed by atoms with Crippen molar-refractivity contribution in [3.8, 4) is 0 Å². The Bertz CT molecular complexity index is 225. The van der Waals surface area contributed by atoms with Crippen LogP contribution < -0.4 is 0 Å². The summed E-state index contributed by atoms with van der Waals surface area (Å²) in [6.45, 7) is 6.80. The van der Waals surface area contributed by atoms with Crippen molar-refractivity contribution >= 4 is 0 Å². The fourth-order valence-corrected chi connectivity index (χ4v) is 1.51. The number of benzene rings is 1. The molecule has 1 aromatic carbocycles. The van der Waals surface area contributed by atoms with Crippen molar-refractivity contribution in [1.82, 2.24) is 0 Å². The average molecular weight is 175 g/mol. The van der Waals surface area contributed by atoms with E-state index in [0.717, 1.165) is 5.92 Å². The molecule has 0 nitrogen and oxygen atoms in total. The lowest BCUT2D eigenvalue weighted by atomic mass is 9.90. The molecule has 1 aromatic rings. The van der Waals surface area contributed by atoms with Crippen molar-refractivity contribution in [2.24, 2.45) is 5.92 Å². The first-order chi connectivity index (χ1) is 6.24. The molecule has 13 heavy (non-hydrogen) atoms. The normalized spacial score (nSPS) is 13.2. The van der Waals surface area contributed by atoms with E-state index in [1.54, 1.807) is 0 Å². The molecular formula is C13H19. The summed E-state index contributed by atoms with van der Waals surface area (Å²) >= 11 is 0. The molecule has 0 fully saturated rings. The summed E-state index contributed by atoms with van der Waals surface area (Å²) in [6.07, 6.45) is 2.49. The van der Waals surface area contributed by atoms with Crippen LogP contribution in [0.1, 0.15) is 39.2 Å². The van der Waals surface area contributed by atoms with E-state index in [-0.39, 0.29) is 0 Å². The SMILES string of the molecule is CCC(C)C[C](C)c1ccccc1. The van der Waals surface area contributed by atoms with Gasteiger partial charge in [0.1, 0.15) is 0 Å². The van der Waals surface area contributed by atoms with Gasteiger partial charge in [0.2, 0.25) is 0 Å². The molecule has 1 radical (unpaired) electrons. The lowest BCUT2D eigenvalue weighted by Gasteiger charge is -2.15. The third-order valence-corrected chi connectivity index (χ3v) is 2.62. The Kier molecular flexibility index (Phi) is 4.01. The van der Waals surface area contributed by atoms with Crippen molar-refractivity contribution in [1.29, 1.82) is 0 Å². The fraction of sp³-hybridized carbons (Fsp3) is 0.462. The second kappa shape index (κ2) is 5.06. The average Bonchev–Trinajstić information content (AvgIpc) is 2.19. The zero-order valence-corrected chi connectivity index (χ0v) is 8.88. The molecule has 1 rings (SSSR count). The summed E-state index contributed by atoms with van der Waals surface area (Å²) in [5.41, 5.74) is 1.39. The van der Waals surface area contributed by atoms with E-state index in [0.29, 0.717) is 0 Å². The Morgan fingerprint density at radius 2 is 1.85 bits per heavy atom. The molecule has 0 saturated carbocycles. The highest BCUT2D eigenvalue weighted by Crippen LogP contribution is 2.23. The van der Waals surface area contributed by atoms with Gasteiger partial charge in [-0.05, 0) is 17.9 Å². The lowest BCUT2D eigenvalue weighted by molar-refractivity contribution is 0.534. The van der Waals surface area contributed by atoms with Crippen LogP contribution in [0, 0.1) is 11.8 Å². The summed E-state index contributed by atoms with van der Waals surface area (Å²) < 4.78 is 0. The maximum absolute atomic E-state index is 2.31. The largest absolute Gasteiger partial charge is 0.0651 e. The molecule has 0 N–H and O–H groups in total. The van der Waals surface area contributed by atoms with Crippen LogP contribution in [0.4, 0.5) is 0 Å². The van der Waals surface area contributed by atoms with Crippen LogP contribution in [0.25, 0.3) is 0 Å². The van der Waals surface area contributed by atoms with E-state index in [2.05, 4.69) is 51.1 Å². The predicted molar refractivity (Wildman–Crippen MR) is 58.5 cm³/mol. The summed E-state index contributed by atoms with van der Waals surface area (Å²) in [5, 5.41) is 0. The van der Waals surface area contributed by atoms with Gasteiger partial charge in [0.15, 0.2) is 0 Å². The monoisotopic (exact) mass is 175 g/mol. The van der Waals surface area contributed by atoms with E-state index < -0.39 is 0 Å². The van der Waals surface area contributed by atoms with Gasteiger partial charge in [-0.2, -0.15) is 0 Å². The molecule has 0 heteroatoms. The van der Waals surface area contributed by atoms with E-state index in [1.165, 1.54) is 24.3 Å². The van der Waals surface area contributed by atoms with Gasteiger partial charge in [-0.1, -0.05) is 57.5 Å². The van der Waals surface area contributed by atoms with Crippen LogP contribution in [0.3, 0.4) is 0 Å². The smallest absolute Gasteiger partial charge is 0.00215 e. The Morgan fingerprint density at radius 3 is 2.38 bits per heavy atom. The molecule has 0 aliphatic rings. The topological polar surface area (TPSA) is 0 Å². The maximum Gasteiger partial charge on any atom is 0.00215 e. The molecule has 1 atom stereocenters. The first-order valence-electron chi connectivity index (χ1n) is 5.12.